The fraction of sp³-hybridized carbons (Fsp3) is 0.533. The minimum atomic E-state index is -0.332. The minimum Gasteiger partial charge on any atom is -0.497 e. The summed E-state index contributed by atoms with van der Waals surface area (Å²) >= 11 is 0. The van der Waals surface area contributed by atoms with Crippen LogP contribution in [0.15, 0.2) is 18.2 Å². The molecule has 1 aromatic carbocycles. The molecule has 0 aromatic heterocycles. The fourth-order valence-corrected chi connectivity index (χ4v) is 2.76. The first-order chi connectivity index (χ1) is 9.62. The van der Waals surface area contributed by atoms with E-state index in [0.29, 0.717) is 6.61 Å². The van der Waals surface area contributed by atoms with Crippen LogP contribution in [0.5, 0.6) is 5.75 Å². The Balaban J connectivity index is 2.43. The number of anilines is 1. The van der Waals surface area contributed by atoms with E-state index in [-0.39, 0.29) is 18.2 Å². The second-order valence-corrected chi connectivity index (χ2v) is 4.91. The predicted octanol–water partition coefficient (Wildman–Crippen LogP) is 2.32. The molecule has 2 N–H and O–H groups in total. The largest absolute Gasteiger partial charge is 0.497 e. The van der Waals surface area contributed by atoms with Crippen LogP contribution in [0.3, 0.4) is 0 Å². The van der Waals surface area contributed by atoms with Crippen LogP contribution >= 0.6 is 0 Å². The summed E-state index contributed by atoms with van der Waals surface area (Å²) in [4.78, 5) is 13.9. The quantitative estimate of drug-likeness (QED) is 0.921. The van der Waals surface area contributed by atoms with Gasteiger partial charge in [0.15, 0.2) is 0 Å². The van der Waals surface area contributed by atoms with Crippen LogP contribution in [0.25, 0.3) is 0 Å². The van der Waals surface area contributed by atoms with Crippen molar-refractivity contribution in [3.8, 4) is 5.75 Å². The summed E-state index contributed by atoms with van der Waals surface area (Å²) < 4.78 is 10.4. The van der Waals surface area contributed by atoms with Crippen LogP contribution in [0.2, 0.25) is 0 Å². The van der Waals surface area contributed by atoms with Crippen molar-refractivity contribution < 1.29 is 14.3 Å². The Morgan fingerprint density at radius 1 is 1.45 bits per heavy atom. The number of fused-ring (bicyclic) bond motifs is 1. The molecule has 1 heterocycles. The van der Waals surface area contributed by atoms with Crippen LogP contribution in [0.1, 0.15) is 25.8 Å². The lowest BCUT2D eigenvalue weighted by atomic mass is 9.90. The molecule has 5 heteroatoms. The van der Waals surface area contributed by atoms with Crippen molar-refractivity contribution >= 4 is 11.8 Å². The monoisotopic (exact) mass is 278 g/mol. The zero-order valence-corrected chi connectivity index (χ0v) is 12.3. The lowest BCUT2D eigenvalue weighted by molar-refractivity contribution is 0.154. The number of ether oxygens (including phenoxy) is 2. The van der Waals surface area contributed by atoms with Gasteiger partial charge in [0.25, 0.3) is 0 Å². The zero-order valence-electron chi connectivity index (χ0n) is 12.3. The molecule has 2 atom stereocenters. The maximum absolute atomic E-state index is 12.2. The van der Waals surface area contributed by atoms with Crippen molar-refractivity contribution in [1.29, 1.82) is 0 Å². The second kappa shape index (κ2) is 6.13. The van der Waals surface area contributed by atoms with Crippen molar-refractivity contribution in [3.63, 3.8) is 0 Å². The molecule has 1 amide bonds. The predicted molar refractivity (Wildman–Crippen MR) is 78.3 cm³/mol. The van der Waals surface area contributed by atoms with E-state index in [9.17, 15) is 4.79 Å². The molecule has 0 spiro atoms. The van der Waals surface area contributed by atoms with Crippen LogP contribution in [-0.4, -0.2) is 31.9 Å². The summed E-state index contributed by atoms with van der Waals surface area (Å²) in [5, 5.41) is 0. The van der Waals surface area contributed by atoms with Crippen molar-refractivity contribution in [2.45, 2.75) is 38.8 Å². The molecule has 110 valence electrons. The first-order valence-corrected chi connectivity index (χ1v) is 7.00. The van der Waals surface area contributed by atoms with Crippen molar-refractivity contribution in [2.24, 2.45) is 5.73 Å². The average molecular weight is 278 g/mol. The maximum atomic E-state index is 12.2. The van der Waals surface area contributed by atoms with E-state index in [1.165, 1.54) is 0 Å². The van der Waals surface area contributed by atoms with Crippen molar-refractivity contribution in [2.75, 3.05) is 18.6 Å². The highest BCUT2D eigenvalue weighted by atomic mass is 16.6. The molecule has 1 aromatic rings. The molecular weight excluding hydrogens is 256 g/mol. The molecule has 2 rings (SSSR count). The summed E-state index contributed by atoms with van der Waals surface area (Å²) in [5.41, 5.74) is 8.13. The number of benzene rings is 1. The molecule has 0 saturated heterocycles. The van der Waals surface area contributed by atoms with Gasteiger partial charge < -0.3 is 15.2 Å². The van der Waals surface area contributed by atoms with Gasteiger partial charge in [-0.25, -0.2) is 4.79 Å². The SMILES string of the molecule is CCOC(=O)N1c2ccc(OC)cc2CC(N)C1CC. The number of amides is 1. The molecular formula is C15H22N2O3. The molecule has 20 heavy (non-hydrogen) atoms. The lowest BCUT2D eigenvalue weighted by Gasteiger charge is -2.39. The van der Waals surface area contributed by atoms with Crippen LogP contribution in [0.4, 0.5) is 10.5 Å². The molecule has 5 nitrogen and oxygen atoms in total. The van der Waals surface area contributed by atoms with Crippen LogP contribution < -0.4 is 15.4 Å². The van der Waals surface area contributed by atoms with Gasteiger partial charge in [0.2, 0.25) is 0 Å². The van der Waals surface area contributed by atoms with Gasteiger partial charge in [-0.05, 0) is 43.5 Å². The van der Waals surface area contributed by atoms with Gasteiger partial charge in [0, 0.05) is 6.04 Å². The number of hydrogen-bond acceptors (Lipinski definition) is 4. The van der Waals surface area contributed by atoms with Crippen molar-refractivity contribution in [1.82, 2.24) is 0 Å². The molecule has 1 aliphatic heterocycles. The van der Waals surface area contributed by atoms with Gasteiger partial charge >= 0.3 is 6.09 Å². The second-order valence-electron chi connectivity index (χ2n) is 4.91. The van der Waals surface area contributed by atoms with Gasteiger partial charge in [-0.2, -0.15) is 0 Å². The number of carbonyl (C=O) groups is 1. The Hall–Kier alpha value is -1.75. The van der Waals surface area contributed by atoms with E-state index in [1.807, 2.05) is 25.1 Å². The highest BCUT2D eigenvalue weighted by Crippen LogP contribution is 2.34. The molecule has 0 fully saturated rings. The molecule has 0 radical (unpaired) electrons. The third-order valence-electron chi connectivity index (χ3n) is 3.71. The van der Waals surface area contributed by atoms with E-state index >= 15 is 0 Å². The number of nitrogens with two attached hydrogens (primary N) is 1. The highest BCUT2D eigenvalue weighted by Gasteiger charge is 2.36. The summed E-state index contributed by atoms with van der Waals surface area (Å²) in [6.07, 6.45) is 1.20. The Morgan fingerprint density at radius 3 is 2.80 bits per heavy atom. The van der Waals surface area contributed by atoms with Gasteiger partial charge in [-0.15, -0.1) is 0 Å². The Labute approximate surface area is 119 Å². The average Bonchev–Trinajstić information content (AvgIpc) is 2.45. The molecule has 0 bridgehead atoms. The van der Waals surface area contributed by atoms with Gasteiger partial charge in [0.1, 0.15) is 5.75 Å². The normalized spacial score (nSPS) is 21.3. The van der Waals surface area contributed by atoms with E-state index in [4.69, 9.17) is 15.2 Å². The number of carbonyl (C=O) groups excluding carboxylic acids is 1. The first-order valence-electron chi connectivity index (χ1n) is 7.00. The van der Waals surface area contributed by atoms with E-state index in [0.717, 1.165) is 29.8 Å². The van der Waals surface area contributed by atoms with Crippen LogP contribution in [-0.2, 0) is 11.2 Å². The summed E-state index contributed by atoms with van der Waals surface area (Å²) in [5.74, 6) is 0.773. The highest BCUT2D eigenvalue weighted by molar-refractivity contribution is 5.90. The number of rotatable bonds is 3. The molecule has 0 aliphatic carbocycles. The minimum absolute atomic E-state index is 0.0325. The Bertz CT molecular complexity index is 490. The van der Waals surface area contributed by atoms with Crippen LogP contribution in [0, 0.1) is 0 Å². The molecule has 2 unspecified atom stereocenters. The lowest BCUT2D eigenvalue weighted by Crippen LogP contribution is -2.54. The smallest absolute Gasteiger partial charge is 0.414 e. The standard InChI is InChI=1S/C15H22N2O3/c1-4-13-12(16)9-10-8-11(19-3)6-7-14(10)17(13)15(18)20-5-2/h6-8,12-13H,4-5,9,16H2,1-3H3. The Kier molecular flexibility index (Phi) is 4.49. The van der Waals surface area contributed by atoms with E-state index in [2.05, 4.69) is 0 Å². The van der Waals surface area contributed by atoms with E-state index in [1.54, 1.807) is 18.9 Å². The summed E-state index contributed by atoms with van der Waals surface area (Å²) in [6.45, 7) is 4.19. The topological polar surface area (TPSA) is 64.8 Å². The van der Waals surface area contributed by atoms with Gasteiger partial charge in [-0.1, -0.05) is 6.92 Å². The zero-order chi connectivity index (χ0) is 14.7. The summed E-state index contributed by atoms with van der Waals surface area (Å²) in [6, 6.07) is 5.57. The van der Waals surface area contributed by atoms with E-state index < -0.39 is 0 Å². The number of methoxy groups -OCH3 is 1. The third-order valence-corrected chi connectivity index (χ3v) is 3.71. The van der Waals surface area contributed by atoms with Crippen molar-refractivity contribution in [3.05, 3.63) is 23.8 Å². The number of nitrogens with zero attached hydrogens (tertiary/aromatic N) is 1. The molecule has 0 saturated carbocycles. The number of hydrogen-bond donors (Lipinski definition) is 1. The first kappa shape index (κ1) is 14.7. The Morgan fingerprint density at radius 2 is 2.20 bits per heavy atom. The maximum Gasteiger partial charge on any atom is 0.414 e. The summed E-state index contributed by atoms with van der Waals surface area (Å²) in [7, 11) is 1.63. The van der Waals surface area contributed by atoms with Gasteiger partial charge in [-0.3, -0.25) is 4.90 Å². The van der Waals surface area contributed by atoms with Gasteiger partial charge in [0.05, 0.1) is 25.4 Å². The third kappa shape index (κ3) is 2.58. The fourth-order valence-electron chi connectivity index (χ4n) is 2.76. The molecule has 1 aliphatic rings.